The number of esters is 2. The number of hydrogen-bond donors (Lipinski definition) is 1. The summed E-state index contributed by atoms with van der Waals surface area (Å²) in [6.07, 6.45) is 0.576. The Morgan fingerprint density at radius 1 is 1.05 bits per heavy atom. The van der Waals surface area contributed by atoms with E-state index in [0.29, 0.717) is 6.42 Å². The van der Waals surface area contributed by atoms with Crippen molar-refractivity contribution in [2.24, 2.45) is 5.92 Å². The van der Waals surface area contributed by atoms with Crippen LogP contribution in [0.3, 0.4) is 0 Å². The number of nitrogens with one attached hydrogen (secondary N) is 1. The van der Waals surface area contributed by atoms with Crippen molar-refractivity contribution in [2.75, 3.05) is 14.2 Å². The molecule has 0 aromatic heterocycles. The highest BCUT2D eigenvalue weighted by molar-refractivity contribution is 5.80. The van der Waals surface area contributed by atoms with Crippen molar-refractivity contribution < 1.29 is 19.1 Å². The third-order valence-electron chi connectivity index (χ3n) is 3.13. The van der Waals surface area contributed by atoms with Crippen molar-refractivity contribution >= 4 is 11.9 Å². The molecular weight excluding hydrogens is 270 g/mol. The predicted molar refractivity (Wildman–Crippen MR) is 79.6 cm³/mol. The van der Waals surface area contributed by atoms with Crippen LogP contribution in [0.4, 0.5) is 0 Å². The Bertz CT molecular complexity index is 459. The monoisotopic (exact) mass is 293 g/mol. The molecule has 0 spiro atoms. The number of methoxy groups -OCH3 is 2. The summed E-state index contributed by atoms with van der Waals surface area (Å²) < 4.78 is 9.64. The summed E-state index contributed by atoms with van der Waals surface area (Å²) in [6, 6.07) is 7.92. The molecular formula is C16H23NO4. The molecule has 5 heteroatoms. The maximum atomic E-state index is 12.0. The molecule has 0 aliphatic carbocycles. The Hall–Kier alpha value is -1.88. The van der Waals surface area contributed by atoms with Crippen LogP contribution in [0.1, 0.15) is 31.9 Å². The highest BCUT2D eigenvalue weighted by atomic mass is 16.5. The van der Waals surface area contributed by atoms with Crippen molar-refractivity contribution in [3.63, 3.8) is 0 Å². The fourth-order valence-corrected chi connectivity index (χ4v) is 2.11. The van der Waals surface area contributed by atoms with Crippen LogP contribution in [0.5, 0.6) is 0 Å². The van der Waals surface area contributed by atoms with Gasteiger partial charge < -0.3 is 9.47 Å². The van der Waals surface area contributed by atoms with E-state index in [-0.39, 0.29) is 11.9 Å². The van der Waals surface area contributed by atoms with E-state index in [4.69, 9.17) is 9.47 Å². The van der Waals surface area contributed by atoms with Gasteiger partial charge in [0.2, 0.25) is 0 Å². The van der Waals surface area contributed by atoms with Crippen LogP contribution in [0.25, 0.3) is 0 Å². The largest absolute Gasteiger partial charge is 0.468 e. The third kappa shape index (κ3) is 5.19. The molecule has 0 aliphatic rings. The first kappa shape index (κ1) is 17.2. The van der Waals surface area contributed by atoms with Gasteiger partial charge in [-0.05, 0) is 17.9 Å². The number of carbonyl (C=O) groups excluding carboxylic acids is 2. The van der Waals surface area contributed by atoms with Gasteiger partial charge in [-0.2, -0.15) is 0 Å². The maximum absolute atomic E-state index is 12.0. The molecule has 5 nitrogen and oxygen atoms in total. The number of carbonyl (C=O) groups is 2. The van der Waals surface area contributed by atoms with E-state index in [1.165, 1.54) is 14.2 Å². The molecule has 0 saturated carbocycles. The van der Waals surface area contributed by atoms with Gasteiger partial charge in [0.05, 0.1) is 14.2 Å². The second-order valence-electron chi connectivity index (χ2n) is 5.24. The zero-order valence-corrected chi connectivity index (χ0v) is 13.0. The van der Waals surface area contributed by atoms with Crippen LogP contribution in [0.15, 0.2) is 30.3 Å². The van der Waals surface area contributed by atoms with Gasteiger partial charge in [0, 0.05) is 0 Å². The zero-order chi connectivity index (χ0) is 15.8. The lowest BCUT2D eigenvalue weighted by Gasteiger charge is -2.24. The van der Waals surface area contributed by atoms with Crippen molar-refractivity contribution in [2.45, 2.75) is 32.4 Å². The quantitative estimate of drug-likeness (QED) is 0.780. The van der Waals surface area contributed by atoms with Crippen LogP contribution in [-0.4, -0.2) is 32.2 Å². The average molecular weight is 293 g/mol. The second kappa shape index (κ2) is 8.42. The Morgan fingerprint density at radius 2 is 1.62 bits per heavy atom. The van der Waals surface area contributed by atoms with Crippen LogP contribution >= 0.6 is 0 Å². The SMILES string of the molecule is COC(=O)[C@H](CC(C)C)N[C@H](C(=O)OC)c1ccccc1. The molecule has 0 saturated heterocycles. The molecule has 0 bridgehead atoms. The van der Waals surface area contributed by atoms with Gasteiger partial charge in [0.15, 0.2) is 0 Å². The second-order valence-corrected chi connectivity index (χ2v) is 5.24. The van der Waals surface area contributed by atoms with Crippen LogP contribution < -0.4 is 5.32 Å². The molecule has 0 heterocycles. The van der Waals surface area contributed by atoms with Gasteiger partial charge in [0.25, 0.3) is 0 Å². The minimum absolute atomic E-state index is 0.288. The van der Waals surface area contributed by atoms with Gasteiger partial charge in [-0.15, -0.1) is 0 Å². The topological polar surface area (TPSA) is 64.6 Å². The van der Waals surface area contributed by atoms with E-state index in [9.17, 15) is 9.59 Å². The summed E-state index contributed by atoms with van der Waals surface area (Å²) in [5, 5.41) is 3.05. The van der Waals surface area contributed by atoms with Gasteiger partial charge in [-0.3, -0.25) is 10.1 Å². The summed E-state index contributed by atoms with van der Waals surface area (Å²) in [7, 11) is 2.67. The summed E-state index contributed by atoms with van der Waals surface area (Å²) in [5.74, 6) is -0.525. The van der Waals surface area contributed by atoms with Crippen LogP contribution in [0, 0.1) is 5.92 Å². The summed E-state index contributed by atoms with van der Waals surface area (Å²) in [6.45, 7) is 4.01. The minimum atomic E-state index is -0.695. The van der Waals surface area contributed by atoms with Gasteiger partial charge in [-0.1, -0.05) is 44.2 Å². The molecule has 0 fully saturated rings. The lowest BCUT2D eigenvalue weighted by atomic mass is 10.0. The van der Waals surface area contributed by atoms with Crippen LogP contribution in [-0.2, 0) is 19.1 Å². The Balaban J connectivity index is 2.97. The first-order valence-corrected chi connectivity index (χ1v) is 6.96. The molecule has 1 aromatic carbocycles. The standard InChI is InChI=1S/C16H23NO4/c1-11(2)10-13(15(18)20-3)17-14(16(19)21-4)12-8-6-5-7-9-12/h5-9,11,13-14,17H,10H2,1-4H3/t13-,14-/m0/s1. The molecule has 21 heavy (non-hydrogen) atoms. The first-order chi connectivity index (χ1) is 9.99. The zero-order valence-electron chi connectivity index (χ0n) is 13.0. The number of ether oxygens (including phenoxy) is 2. The van der Waals surface area contributed by atoms with E-state index in [1.54, 1.807) is 0 Å². The number of rotatable bonds is 7. The van der Waals surface area contributed by atoms with E-state index in [1.807, 2.05) is 44.2 Å². The van der Waals surface area contributed by atoms with E-state index in [0.717, 1.165) is 5.56 Å². The van der Waals surface area contributed by atoms with Crippen LogP contribution in [0.2, 0.25) is 0 Å². The molecule has 2 atom stereocenters. The fourth-order valence-electron chi connectivity index (χ4n) is 2.11. The Labute approximate surface area is 125 Å². The van der Waals surface area contributed by atoms with Crippen molar-refractivity contribution in [3.8, 4) is 0 Å². The summed E-state index contributed by atoms with van der Waals surface area (Å²) in [4.78, 5) is 23.9. The number of benzene rings is 1. The molecule has 0 unspecified atom stereocenters. The normalized spacial score (nSPS) is 13.6. The van der Waals surface area contributed by atoms with Gasteiger partial charge in [-0.25, -0.2) is 4.79 Å². The molecule has 116 valence electrons. The lowest BCUT2D eigenvalue weighted by molar-refractivity contribution is -0.146. The highest BCUT2D eigenvalue weighted by Crippen LogP contribution is 2.17. The summed E-state index contributed by atoms with van der Waals surface area (Å²) in [5.41, 5.74) is 0.752. The maximum Gasteiger partial charge on any atom is 0.327 e. The molecule has 1 aromatic rings. The third-order valence-corrected chi connectivity index (χ3v) is 3.13. The van der Waals surface area contributed by atoms with E-state index >= 15 is 0 Å². The molecule has 0 aliphatic heterocycles. The Morgan fingerprint density at radius 3 is 2.10 bits per heavy atom. The predicted octanol–water partition coefficient (Wildman–Crippen LogP) is 2.08. The molecule has 0 amide bonds. The van der Waals surface area contributed by atoms with Gasteiger partial charge in [0.1, 0.15) is 12.1 Å². The highest BCUT2D eigenvalue weighted by Gasteiger charge is 2.29. The fraction of sp³-hybridized carbons (Fsp3) is 0.500. The molecule has 1 rings (SSSR count). The van der Waals surface area contributed by atoms with Crippen molar-refractivity contribution in [1.29, 1.82) is 0 Å². The minimum Gasteiger partial charge on any atom is -0.468 e. The van der Waals surface area contributed by atoms with E-state index < -0.39 is 18.1 Å². The lowest BCUT2D eigenvalue weighted by Crippen LogP contribution is -2.43. The number of hydrogen-bond acceptors (Lipinski definition) is 5. The van der Waals surface area contributed by atoms with Gasteiger partial charge >= 0.3 is 11.9 Å². The van der Waals surface area contributed by atoms with Crippen molar-refractivity contribution in [3.05, 3.63) is 35.9 Å². The average Bonchev–Trinajstić information content (AvgIpc) is 2.50. The Kier molecular flexibility index (Phi) is 6.88. The van der Waals surface area contributed by atoms with E-state index in [2.05, 4.69) is 5.32 Å². The molecule has 0 radical (unpaired) electrons. The molecule has 1 N–H and O–H groups in total. The first-order valence-electron chi connectivity index (χ1n) is 6.96. The van der Waals surface area contributed by atoms with Crippen molar-refractivity contribution in [1.82, 2.24) is 5.32 Å². The summed E-state index contributed by atoms with van der Waals surface area (Å²) >= 11 is 0. The smallest absolute Gasteiger partial charge is 0.327 e.